The first-order chi connectivity index (χ1) is 10.2. The van der Waals surface area contributed by atoms with Crippen LogP contribution in [0.3, 0.4) is 0 Å². The van der Waals surface area contributed by atoms with Crippen LogP contribution >= 0.6 is 28.1 Å². The number of aryl methyl sites for hydroxylation is 1. The van der Waals surface area contributed by atoms with Crippen molar-refractivity contribution in [1.29, 1.82) is 0 Å². The van der Waals surface area contributed by atoms with E-state index in [1.165, 1.54) is 18.4 Å². The lowest BCUT2D eigenvalue weighted by Gasteiger charge is -2.10. The Morgan fingerprint density at radius 1 is 1.14 bits per heavy atom. The Morgan fingerprint density at radius 3 is 2.52 bits per heavy atom. The van der Waals surface area contributed by atoms with Crippen LogP contribution in [0.5, 0.6) is 0 Å². The molecule has 110 valence electrons. The van der Waals surface area contributed by atoms with Crippen molar-refractivity contribution in [2.24, 2.45) is 0 Å². The van der Waals surface area contributed by atoms with Gasteiger partial charge in [-0.2, -0.15) is 0 Å². The Balaban J connectivity index is 1.88. The van der Waals surface area contributed by atoms with E-state index in [9.17, 15) is 0 Å². The maximum atomic E-state index is 5.28. The van der Waals surface area contributed by atoms with Gasteiger partial charge in [0.25, 0.3) is 0 Å². The summed E-state index contributed by atoms with van der Waals surface area (Å²) >= 11 is 8.63. The number of anilines is 2. The van der Waals surface area contributed by atoms with Crippen molar-refractivity contribution in [2.45, 2.75) is 26.2 Å². The molecule has 1 heterocycles. The number of halogens is 1. The first kappa shape index (κ1) is 15.9. The molecule has 0 bridgehead atoms. The highest BCUT2D eigenvalue weighted by molar-refractivity contribution is 9.10. The molecule has 0 atom stereocenters. The molecule has 0 radical (unpaired) electrons. The zero-order valence-corrected chi connectivity index (χ0v) is 14.3. The molecule has 0 aliphatic heterocycles. The summed E-state index contributed by atoms with van der Waals surface area (Å²) in [5.74, 6) is 0.718. The molecule has 21 heavy (non-hydrogen) atoms. The topological polar surface area (TPSA) is 37.0 Å². The monoisotopic (exact) mass is 363 g/mol. The molecule has 0 fully saturated rings. The number of hydrogen-bond donors (Lipinski definition) is 2. The number of pyridine rings is 1. The highest BCUT2D eigenvalue weighted by Gasteiger charge is 2.00. The molecule has 1 aromatic heterocycles. The second-order valence-electron chi connectivity index (χ2n) is 4.74. The van der Waals surface area contributed by atoms with Gasteiger partial charge in [-0.15, -0.1) is 0 Å². The molecule has 2 N–H and O–H groups in total. The van der Waals surface area contributed by atoms with E-state index in [4.69, 9.17) is 12.2 Å². The summed E-state index contributed by atoms with van der Waals surface area (Å²) in [4.78, 5) is 4.22. The third-order valence-electron chi connectivity index (χ3n) is 3.00. The maximum Gasteiger partial charge on any atom is 0.176 e. The summed E-state index contributed by atoms with van der Waals surface area (Å²) in [6.45, 7) is 2.20. The number of nitrogens with one attached hydrogen (secondary N) is 2. The summed E-state index contributed by atoms with van der Waals surface area (Å²) < 4.78 is 0.939. The van der Waals surface area contributed by atoms with Crippen LogP contribution < -0.4 is 10.6 Å². The summed E-state index contributed by atoms with van der Waals surface area (Å²) in [5.41, 5.74) is 2.33. The van der Waals surface area contributed by atoms with Crippen LogP contribution in [-0.2, 0) is 6.42 Å². The Hall–Kier alpha value is -1.46. The van der Waals surface area contributed by atoms with Gasteiger partial charge in [0.2, 0.25) is 0 Å². The Kier molecular flexibility index (Phi) is 6.14. The van der Waals surface area contributed by atoms with Gasteiger partial charge in [0, 0.05) is 16.4 Å². The van der Waals surface area contributed by atoms with Gasteiger partial charge in [-0.25, -0.2) is 4.98 Å². The average Bonchev–Trinajstić information content (AvgIpc) is 2.49. The van der Waals surface area contributed by atoms with Crippen LogP contribution in [0, 0.1) is 0 Å². The van der Waals surface area contributed by atoms with E-state index in [-0.39, 0.29) is 0 Å². The Morgan fingerprint density at radius 2 is 1.90 bits per heavy atom. The molecular weight excluding hydrogens is 346 g/mol. The second-order valence-corrected chi connectivity index (χ2v) is 6.07. The first-order valence-electron chi connectivity index (χ1n) is 6.96. The maximum absolute atomic E-state index is 5.28. The SMILES string of the molecule is CCCCc1ccc(NC(=S)Nc2ccc(Br)cn2)cc1. The first-order valence-corrected chi connectivity index (χ1v) is 8.16. The van der Waals surface area contributed by atoms with Crippen LogP contribution in [0.15, 0.2) is 47.1 Å². The zero-order chi connectivity index (χ0) is 15.1. The molecule has 0 spiro atoms. The fourth-order valence-corrected chi connectivity index (χ4v) is 2.32. The normalized spacial score (nSPS) is 10.2. The van der Waals surface area contributed by atoms with Crippen molar-refractivity contribution < 1.29 is 0 Å². The lowest BCUT2D eigenvalue weighted by Crippen LogP contribution is -2.19. The molecule has 0 saturated carbocycles. The van der Waals surface area contributed by atoms with E-state index >= 15 is 0 Å². The minimum absolute atomic E-state index is 0.533. The molecule has 0 saturated heterocycles. The number of hydrogen-bond acceptors (Lipinski definition) is 2. The van der Waals surface area contributed by atoms with Crippen LogP contribution in [0.2, 0.25) is 0 Å². The van der Waals surface area contributed by atoms with E-state index in [1.54, 1.807) is 6.20 Å². The van der Waals surface area contributed by atoms with E-state index in [0.29, 0.717) is 5.11 Å². The Bertz CT molecular complexity index is 581. The lowest BCUT2D eigenvalue weighted by atomic mass is 10.1. The molecule has 2 aromatic rings. The standard InChI is InChI=1S/C16H18BrN3S/c1-2-3-4-12-5-8-14(9-6-12)19-16(21)20-15-10-7-13(17)11-18-15/h5-11H,2-4H2,1H3,(H2,18,19,20,21). The number of rotatable bonds is 5. The molecule has 5 heteroatoms. The molecule has 3 nitrogen and oxygen atoms in total. The van der Waals surface area contributed by atoms with Crippen LogP contribution in [0.4, 0.5) is 11.5 Å². The van der Waals surface area contributed by atoms with E-state index in [2.05, 4.69) is 50.6 Å². The van der Waals surface area contributed by atoms with Gasteiger partial charge in [-0.3, -0.25) is 0 Å². The smallest absolute Gasteiger partial charge is 0.176 e. The van der Waals surface area contributed by atoms with Crippen molar-refractivity contribution in [3.63, 3.8) is 0 Å². The molecular formula is C16H18BrN3S. The summed E-state index contributed by atoms with van der Waals surface area (Å²) in [5, 5.41) is 6.75. The minimum Gasteiger partial charge on any atom is -0.332 e. The predicted molar refractivity (Wildman–Crippen MR) is 96.8 cm³/mol. The van der Waals surface area contributed by atoms with Crippen molar-refractivity contribution in [3.8, 4) is 0 Å². The second kappa shape index (κ2) is 8.10. The fraction of sp³-hybridized carbons (Fsp3) is 0.250. The van der Waals surface area contributed by atoms with Gasteiger partial charge in [-0.05, 0) is 70.8 Å². The number of nitrogens with zero attached hydrogens (tertiary/aromatic N) is 1. The van der Waals surface area contributed by atoms with Crippen LogP contribution in [0.1, 0.15) is 25.3 Å². The zero-order valence-electron chi connectivity index (χ0n) is 11.9. The quantitative estimate of drug-likeness (QED) is 0.733. The van der Waals surface area contributed by atoms with Gasteiger partial charge in [0.1, 0.15) is 5.82 Å². The predicted octanol–water partition coefficient (Wildman–Crippen LogP) is 5.00. The average molecular weight is 364 g/mol. The third-order valence-corrected chi connectivity index (χ3v) is 3.67. The fourth-order valence-electron chi connectivity index (χ4n) is 1.86. The van der Waals surface area contributed by atoms with Crippen LogP contribution in [0.25, 0.3) is 0 Å². The number of benzene rings is 1. The van der Waals surface area contributed by atoms with Crippen LogP contribution in [-0.4, -0.2) is 10.1 Å². The summed E-state index contributed by atoms with van der Waals surface area (Å²) in [7, 11) is 0. The molecule has 2 rings (SSSR count). The number of unbranched alkanes of at least 4 members (excludes halogenated alkanes) is 1. The third kappa shape index (κ3) is 5.44. The molecule has 1 aromatic carbocycles. The van der Waals surface area contributed by atoms with Gasteiger partial charge in [-0.1, -0.05) is 25.5 Å². The van der Waals surface area contributed by atoms with E-state index in [1.807, 2.05) is 24.3 Å². The van der Waals surface area contributed by atoms with E-state index < -0.39 is 0 Å². The molecule has 0 aliphatic carbocycles. The van der Waals surface area contributed by atoms with Gasteiger partial charge in [0.15, 0.2) is 5.11 Å². The van der Waals surface area contributed by atoms with Crippen molar-refractivity contribution >= 4 is 44.8 Å². The minimum atomic E-state index is 0.533. The van der Waals surface area contributed by atoms with Crippen molar-refractivity contribution in [1.82, 2.24) is 4.98 Å². The Labute approximate surface area is 139 Å². The highest BCUT2D eigenvalue weighted by atomic mass is 79.9. The molecule has 0 amide bonds. The van der Waals surface area contributed by atoms with Gasteiger partial charge >= 0.3 is 0 Å². The summed E-state index contributed by atoms with van der Waals surface area (Å²) in [6.07, 6.45) is 5.30. The largest absolute Gasteiger partial charge is 0.332 e. The van der Waals surface area contributed by atoms with Gasteiger partial charge < -0.3 is 10.6 Å². The van der Waals surface area contributed by atoms with Gasteiger partial charge in [0.05, 0.1) is 0 Å². The molecule has 0 aliphatic rings. The molecule has 0 unspecified atom stereocenters. The number of thiocarbonyl (C=S) groups is 1. The lowest BCUT2D eigenvalue weighted by molar-refractivity contribution is 0.795. The number of aromatic nitrogens is 1. The summed E-state index contributed by atoms with van der Waals surface area (Å²) in [6, 6.07) is 12.2. The van der Waals surface area contributed by atoms with Crippen molar-refractivity contribution in [3.05, 3.63) is 52.6 Å². The van der Waals surface area contributed by atoms with E-state index in [0.717, 1.165) is 22.4 Å². The van der Waals surface area contributed by atoms with Crippen molar-refractivity contribution in [2.75, 3.05) is 10.6 Å². The highest BCUT2D eigenvalue weighted by Crippen LogP contribution is 2.13.